The number of hydrogen-bond donors (Lipinski definition) is 2. The third-order valence-corrected chi connectivity index (χ3v) is 2.31. The summed E-state index contributed by atoms with van der Waals surface area (Å²) in [4.78, 5) is 0. The Morgan fingerprint density at radius 1 is 1.19 bits per heavy atom. The number of halogens is 3. The Bertz CT molecular complexity index is 320. The highest BCUT2D eigenvalue weighted by molar-refractivity contribution is 5.14. The minimum atomic E-state index is -4.39. The van der Waals surface area contributed by atoms with Crippen LogP contribution in [0.1, 0.15) is 12.5 Å². The highest BCUT2D eigenvalue weighted by atomic mass is 19.4. The molecule has 90 valence electrons. The predicted octanol–water partition coefficient (Wildman–Crippen LogP) is 2.06. The summed E-state index contributed by atoms with van der Waals surface area (Å²) in [6.45, 7) is 1.06. The normalized spacial score (nSPS) is 15.8. The van der Waals surface area contributed by atoms with Crippen molar-refractivity contribution in [3.63, 3.8) is 0 Å². The van der Waals surface area contributed by atoms with Gasteiger partial charge in [0, 0.05) is 13.1 Å². The van der Waals surface area contributed by atoms with Gasteiger partial charge in [0.25, 0.3) is 0 Å². The summed E-state index contributed by atoms with van der Waals surface area (Å²) < 4.78 is 37.2. The molecule has 1 rings (SSSR count). The van der Waals surface area contributed by atoms with Crippen molar-refractivity contribution in [3.05, 3.63) is 35.9 Å². The van der Waals surface area contributed by atoms with E-state index in [0.717, 1.165) is 12.5 Å². The molecule has 0 aromatic heterocycles. The molecule has 0 aliphatic rings. The Morgan fingerprint density at radius 2 is 1.75 bits per heavy atom. The molecule has 2 nitrogen and oxygen atoms in total. The monoisotopic (exact) mass is 232 g/mol. The third-order valence-electron chi connectivity index (χ3n) is 2.31. The van der Waals surface area contributed by atoms with Gasteiger partial charge in [-0.15, -0.1) is 0 Å². The number of rotatable bonds is 4. The quantitative estimate of drug-likeness (QED) is 0.833. The first-order valence-corrected chi connectivity index (χ1v) is 4.93. The average Bonchev–Trinajstić information content (AvgIpc) is 2.17. The van der Waals surface area contributed by atoms with E-state index < -0.39 is 11.7 Å². The third kappa shape index (κ3) is 3.50. The van der Waals surface area contributed by atoms with E-state index in [1.54, 1.807) is 0 Å². The molecule has 0 fully saturated rings. The van der Waals surface area contributed by atoms with Gasteiger partial charge in [0.1, 0.15) is 5.54 Å². The van der Waals surface area contributed by atoms with Crippen molar-refractivity contribution in [1.29, 1.82) is 0 Å². The van der Waals surface area contributed by atoms with Crippen LogP contribution in [0, 0.1) is 0 Å². The lowest BCUT2D eigenvalue weighted by atomic mass is 10.0. The zero-order valence-corrected chi connectivity index (χ0v) is 9.01. The van der Waals surface area contributed by atoms with Crippen molar-refractivity contribution in [2.75, 3.05) is 6.54 Å². The van der Waals surface area contributed by atoms with Gasteiger partial charge >= 0.3 is 6.18 Å². The van der Waals surface area contributed by atoms with E-state index in [1.807, 2.05) is 30.3 Å². The second-order valence-corrected chi connectivity index (χ2v) is 4.00. The van der Waals surface area contributed by atoms with Crippen LogP contribution in [0.4, 0.5) is 13.2 Å². The summed E-state index contributed by atoms with van der Waals surface area (Å²) in [5.41, 5.74) is 3.91. The smallest absolute Gasteiger partial charge is 0.317 e. The first-order chi connectivity index (χ1) is 7.33. The molecule has 1 atom stereocenters. The van der Waals surface area contributed by atoms with Crippen LogP contribution >= 0.6 is 0 Å². The van der Waals surface area contributed by atoms with Crippen molar-refractivity contribution in [3.8, 4) is 0 Å². The van der Waals surface area contributed by atoms with Gasteiger partial charge in [0.15, 0.2) is 0 Å². The van der Waals surface area contributed by atoms with Gasteiger partial charge in [-0.25, -0.2) is 0 Å². The number of nitrogens with two attached hydrogens (primary N) is 1. The van der Waals surface area contributed by atoms with E-state index in [1.165, 1.54) is 0 Å². The zero-order valence-electron chi connectivity index (χ0n) is 9.01. The van der Waals surface area contributed by atoms with Crippen LogP contribution in [0.15, 0.2) is 30.3 Å². The molecule has 0 unspecified atom stereocenters. The molecule has 0 radical (unpaired) electrons. The Morgan fingerprint density at radius 3 is 2.25 bits per heavy atom. The number of nitrogens with one attached hydrogen (secondary N) is 1. The molecule has 3 N–H and O–H groups in total. The molecule has 16 heavy (non-hydrogen) atoms. The fourth-order valence-corrected chi connectivity index (χ4v) is 1.16. The molecule has 0 saturated heterocycles. The first kappa shape index (κ1) is 13.0. The van der Waals surface area contributed by atoms with Gasteiger partial charge in [-0.05, 0) is 12.5 Å². The maximum Gasteiger partial charge on any atom is 0.407 e. The van der Waals surface area contributed by atoms with Gasteiger partial charge in [-0.1, -0.05) is 30.3 Å². The van der Waals surface area contributed by atoms with Gasteiger partial charge in [-0.2, -0.15) is 13.2 Å². The van der Waals surface area contributed by atoms with Gasteiger partial charge < -0.3 is 11.1 Å². The molecule has 5 heteroatoms. The second-order valence-electron chi connectivity index (χ2n) is 4.00. The summed E-state index contributed by atoms with van der Waals surface area (Å²) in [6.07, 6.45) is -4.39. The van der Waals surface area contributed by atoms with Crippen LogP contribution in [-0.4, -0.2) is 18.3 Å². The molecule has 0 aliphatic heterocycles. The van der Waals surface area contributed by atoms with Crippen molar-refractivity contribution >= 4 is 0 Å². The molecule has 0 aliphatic carbocycles. The fraction of sp³-hybridized carbons (Fsp3) is 0.455. The summed E-state index contributed by atoms with van der Waals surface area (Å²) >= 11 is 0. The van der Waals surface area contributed by atoms with E-state index in [9.17, 15) is 13.2 Å². The van der Waals surface area contributed by atoms with Crippen LogP contribution in [0.5, 0.6) is 0 Å². The van der Waals surface area contributed by atoms with Crippen LogP contribution in [0.25, 0.3) is 0 Å². The van der Waals surface area contributed by atoms with Crippen LogP contribution in [-0.2, 0) is 6.54 Å². The van der Waals surface area contributed by atoms with Crippen molar-refractivity contribution < 1.29 is 13.2 Å². The molecule has 0 bridgehead atoms. The molecule has 0 heterocycles. The lowest BCUT2D eigenvalue weighted by Crippen LogP contribution is -2.57. The number of alkyl halides is 3. The minimum Gasteiger partial charge on any atom is -0.317 e. The Hall–Kier alpha value is -1.07. The van der Waals surface area contributed by atoms with Gasteiger partial charge in [0.2, 0.25) is 0 Å². The highest BCUT2D eigenvalue weighted by Crippen LogP contribution is 2.27. The average molecular weight is 232 g/mol. The maximum absolute atomic E-state index is 12.4. The highest BCUT2D eigenvalue weighted by Gasteiger charge is 2.47. The van der Waals surface area contributed by atoms with Crippen molar-refractivity contribution in [1.82, 2.24) is 5.32 Å². The van der Waals surface area contributed by atoms with Crippen LogP contribution in [0.3, 0.4) is 0 Å². The van der Waals surface area contributed by atoms with Crippen molar-refractivity contribution in [2.24, 2.45) is 5.73 Å². The first-order valence-electron chi connectivity index (χ1n) is 4.93. The van der Waals surface area contributed by atoms with Gasteiger partial charge in [-0.3, -0.25) is 0 Å². The maximum atomic E-state index is 12.4. The second kappa shape index (κ2) is 4.84. The zero-order chi connectivity index (χ0) is 12.2. The van der Waals surface area contributed by atoms with E-state index in [2.05, 4.69) is 5.32 Å². The van der Waals surface area contributed by atoms with E-state index in [0.29, 0.717) is 6.54 Å². The molecule has 0 spiro atoms. The van der Waals surface area contributed by atoms with Crippen molar-refractivity contribution in [2.45, 2.75) is 25.2 Å². The lowest BCUT2D eigenvalue weighted by molar-refractivity contribution is -0.179. The Labute approximate surface area is 92.6 Å². The molecule has 1 aromatic carbocycles. The molecule has 0 amide bonds. The SMILES string of the molecule is C[C@](N)(CNCc1ccccc1)C(F)(F)F. The minimum absolute atomic E-state index is 0.300. The largest absolute Gasteiger partial charge is 0.407 e. The van der Waals surface area contributed by atoms with Crippen LogP contribution in [0.2, 0.25) is 0 Å². The summed E-state index contributed by atoms with van der Waals surface area (Å²) in [5, 5.41) is 2.70. The summed E-state index contributed by atoms with van der Waals surface area (Å²) in [7, 11) is 0. The fourth-order valence-electron chi connectivity index (χ4n) is 1.16. The van der Waals surface area contributed by atoms with E-state index >= 15 is 0 Å². The topological polar surface area (TPSA) is 38.0 Å². The van der Waals surface area contributed by atoms with E-state index in [-0.39, 0.29) is 6.54 Å². The number of benzene rings is 1. The summed E-state index contributed by atoms with van der Waals surface area (Å²) in [5.74, 6) is 0. The molecular formula is C11H15F3N2. The number of hydrogen-bond acceptors (Lipinski definition) is 2. The van der Waals surface area contributed by atoms with E-state index in [4.69, 9.17) is 5.73 Å². The standard InChI is InChI=1S/C11H15F3N2/c1-10(15,11(12,13)14)8-16-7-9-5-3-2-4-6-9/h2-6,16H,7-8,15H2,1H3/t10-/m0/s1. The summed E-state index contributed by atoms with van der Waals surface area (Å²) in [6, 6.07) is 9.21. The van der Waals surface area contributed by atoms with Crippen LogP contribution < -0.4 is 11.1 Å². The Kier molecular flexibility index (Phi) is 3.93. The molecular weight excluding hydrogens is 217 g/mol. The lowest BCUT2D eigenvalue weighted by Gasteiger charge is -2.27. The molecule has 1 aromatic rings. The molecule has 0 saturated carbocycles. The Balaban J connectivity index is 2.42. The predicted molar refractivity (Wildman–Crippen MR) is 56.8 cm³/mol. The van der Waals surface area contributed by atoms with Gasteiger partial charge in [0.05, 0.1) is 0 Å².